The average molecular weight is 459 g/mol. The number of nitrogens with zero attached hydrogens (tertiary/aromatic N) is 3. The summed E-state index contributed by atoms with van der Waals surface area (Å²) in [7, 11) is 0. The molecule has 1 amide bonds. The van der Waals surface area contributed by atoms with Crippen molar-refractivity contribution in [1.82, 2.24) is 14.9 Å². The van der Waals surface area contributed by atoms with Crippen LogP contribution in [0, 0.1) is 0 Å². The standard InChI is InChI=1S/C26H23ClN4O2/c27-22-9-8-20(15-21(22)25-16-28-23-6-1-2-7-24(23)30-25)29-26(32)19-5-3-4-18(14-19)17-31-10-12-33-13-11-31/h1-9,14-16H,10-13,17H2,(H,29,32). The Morgan fingerprint density at radius 1 is 1.00 bits per heavy atom. The lowest BCUT2D eigenvalue weighted by molar-refractivity contribution is 0.0342. The van der Waals surface area contributed by atoms with Crippen molar-refractivity contribution in [3.05, 3.63) is 89.1 Å². The molecule has 166 valence electrons. The lowest BCUT2D eigenvalue weighted by Gasteiger charge is -2.26. The Hall–Kier alpha value is -3.32. The van der Waals surface area contributed by atoms with E-state index in [4.69, 9.17) is 16.3 Å². The molecule has 6 nitrogen and oxygen atoms in total. The fraction of sp³-hybridized carbons (Fsp3) is 0.192. The number of ether oxygens (including phenoxy) is 1. The molecule has 1 N–H and O–H groups in total. The van der Waals surface area contributed by atoms with E-state index in [1.807, 2.05) is 54.6 Å². The highest BCUT2D eigenvalue weighted by Gasteiger charge is 2.14. The van der Waals surface area contributed by atoms with E-state index in [1.54, 1.807) is 18.3 Å². The first kappa shape index (κ1) is 21.5. The van der Waals surface area contributed by atoms with Gasteiger partial charge in [-0.2, -0.15) is 0 Å². The third-order valence-electron chi connectivity index (χ3n) is 5.65. The van der Waals surface area contributed by atoms with Gasteiger partial charge >= 0.3 is 0 Å². The van der Waals surface area contributed by atoms with E-state index >= 15 is 0 Å². The Bertz CT molecular complexity index is 1300. The van der Waals surface area contributed by atoms with Crippen LogP contribution >= 0.6 is 11.6 Å². The number of nitrogens with one attached hydrogen (secondary N) is 1. The van der Waals surface area contributed by atoms with Crippen molar-refractivity contribution < 1.29 is 9.53 Å². The predicted molar refractivity (Wildman–Crippen MR) is 130 cm³/mol. The average Bonchev–Trinajstić information content (AvgIpc) is 2.86. The highest BCUT2D eigenvalue weighted by atomic mass is 35.5. The Kier molecular flexibility index (Phi) is 6.30. The van der Waals surface area contributed by atoms with Crippen LogP contribution in [0.5, 0.6) is 0 Å². The van der Waals surface area contributed by atoms with Gasteiger partial charge in [-0.15, -0.1) is 0 Å². The Morgan fingerprint density at radius 3 is 2.67 bits per heavy atom. The Labute approximate surface area is 197 Å². The second-order valence-corrected chi connectivity index (χ2v) is 8.39. The zero-order valence-corrected chi connectivity index (χ0v) is 18.8. The van der Waals surface area contributed by atoms with Gasteiger partial charge in [0.05, 0.1) is 41.2 Å². The van der Waals surface area contributed by atoms with E-state index in [1.165, 1.54) is 0 Å². The number of para-hydroxylation sites is 2. The van der Waals surface area contributed by atoms with E-state index in [9.17, 15) is 4.79 Å². The number of rotatable bonds is 5. The van der Waals surface area contributed by atoms with Gasteiger partial charge in [-0.3, -0.25) is 14.7 Å². The van der Waals surface area contributed by atoms with Crippen LogP contribution in [0.15, 0.2) is 72.9 Å². The number of fused-ring (bicyclic) bond motifs is 1. The summed E-state index contributed by atoms with van der Waals surface area (Å²) in [5, 5.41) is 3.53. The van der Waals surface area contributed by atoms with Crippen molar-refractivity contribution in [2.24, 2.45) is 0 Å². The summed E-state index contributed by atoms with van der Waals surface area (Å²) in [5.41, 5.74) is 5.34. The normalized spacial score (nSPS) is 14.3. The third kappa shape index (κ3) is 5.03. The number of hydrogen-bond donors (Lipinski definition) is 1. The number of carbonyl (C=O) groups is 1. The Morgan fingerprint density at radius 2 is 1.82 bits per heavy atom. The van der Waals surface area contributed by atoms with Crippen molar-refractivity contribution >= 4 is 34.2 Å². The lowest BCUT2D eigenvalue weighted by atomic mass is 10.1. The van der Waals surface area contributed by atoms with Gasteiger partial charge in [0.25, 0.3) is 5.91 Å². The topological polar surface area (TPSA) is 67.4 Å². The zero-order chi connectivity index (χ0) is 22.6. The fourth-order valence-electron chi connectivity index (χ4n) is 3.92. The summed E-state index contributed by atoms with van der Waals surface area (Å²) in [4.78, 5) is 24.4. The molecule has 1 aliphatic heterocycles. The number of anilines is 1. The summed E-state index contributed by atoms with van der Waals surface area (Å²) >= 11 is 6.45. The highest BCUT2D eigenvalue weighted by Crippen LogP contribution is 2.30. The summed E-state index contributed by atoms with van der Waals surface area (Å²) < 4.78 is 5.41. The number of morpholine rings is 1. The molecule has 1 aromatic heterocycles. The lowest BCUT2D eigenvalue weighted by Crippen LogP contribution is -2.35. The van der Waals surface area contributed by atoms with Crippen LogP contribution in [0.25, 0.3) is 22.3 Å². The van der Waals surface area contributed by atoms with Gasteiger partial charge in [-0.1, -0.05) is 35.9 Å². The minimum Gasteiger partial charge on any atom is -0.379 e. The molecule has 0 spiro atoms. The number of aromatic nitrogens is 2. The fourth-order valence-corrected chi connectivity index (χ4v) is 4.13. The van der Waals surface area contributed by atoms with Crippen LogP contribution in [0.2, 0.25) is 5.02 Å². The molecule has 4 aromatic rings. The maximum atomic E-state index is 13.0. The summed E-state index contributed by atoms with van der Waals surface area (Å²) in [6.45, 7) is 4.11. The number of hydrogen-bond acceptors (Lipinski definition) is 5. The van der Waals surface area contributed by atoms with Crippen molar-refractivity contribution in [2.75, 3.05) is 31.6 Å². The molecular weight excluding hydrogens is 436 g/mol. The van der Waals surface area contributed by atoms with Crippen LogP contribution in [-0.2, 0) is 11.3 Å². The molecular formula is C26H23ClN4O2. The number of amides is 1. The molecule has 0 bridgehead atoms. The third-order valence-corrected chi connectivity index (χ3v) is 5.98. The van der Waals surface area contributed by atoms with Crippen molar-refractivity contribution in [3.8, 4) is 11.3 Å². The molecule has 1 aliphatic rings. The van der Waals surface area contributed by atoms with Gasteiger partial charge in [-0.25, -0.2) is 4.98 Å². The van der Waals surface area contributed by atoms with Gasteiger partial charge in [0.1, 0.15) is 0 Å². The minimum absolute atomic E-state index is 0.170. The first-order valence-corrected chi connectivity index (χ1v) is 11.3. The summed E-state index contributed by atoms with van der Waals surface area (Å²) in [6, 6.07) is 20.8. The van der Waals surface area contributed by atoms with Crippen LogP contribution in [0.4, 0.5) is 5.69 Å². The van der Waals surface area contributed by atoms with Crippen LogP contribution in [0.1, 0.15) is 15.9 Å². The van der Waals surface area contributed by atoms with Gasteiger partial charge in [0.2, 0.25) is 0 Å². The van der Waals surface area contributed by atoms with Gasteiger partial charge in [0, 0.05) is 36.4 Å². The van der Waals surface area contributed by atoms with Crippen LogP contribution in [0.3, 0.4) is 0 Å². The quantitative estimate of drug-likeness (QED) is 0.454. The molecule has 0 aliphatic carbocycles. The first-order chi connectivity index (χ1) is 16.2. The van der Waals surface area contributed by atoms with E-state index in [0.29, 0.717) is 27.5 Å². The Balaban J connectivity index is 1.35. The van der Waals surface area contributed by atoms with Gasteiger partial charge in [0.15, 0.2) is 0 Å². The van der Waals surface area contributed by atoms with Crippen LogP contribution < -0.4 is 5.32 Å². The molecule has 0 radical (unpaired) electrons. The molecule has 0 atom stereocenters. The van der Waals surface area contributed by atoms with Crippen molar-refractivity contribution in [3.63, 3.8) is 0 Å². The molecule has 0 unspecified atom stereocenters. The molecule has 1 fully saturated rings. The molecule has 5 rings (SSSR count). The van der Waals surface area contributed by atoms with Gasteiger partial charge in [-0.05, 0) is 48.0 Å². The second-order valence-electron chi connectivity index (χ2n) is 7.98. The zero-order valence-electron chi connectivity index (χ0n) is 18.0. The number of benzene rings is 3. The van der Waals surface area contributed by atoms with E-state index in [-0.39, 0.29) is 5.91 Å². The highest BCUT2D eigenvalue weighted by molar-refractivity contribution is 6.33. The van der Waals surface area contributed by atoms with Crippen LogP contribution in [-0.4, -0.2) is 47.1 Å². The molecule has 1 saturated heterocycles. The molecule has 2 heterocycles. The van der Waals surface area contributed by atoms with E-state index < -0.39 is 0 Å². The number of halogens is 1. The molecule has 33 heavy (non-hydrogen) atoms. The van der Waals surface area contributed by atoms with E-state index in [2.05, 4.69) is 20.2 Å². The largest absolute Gasteiger partial charge is 0.379 e. The first-order valence-electron chi connectivity index (χ1n) is 10.9. The SMILES string of the molecule is O=C(Nc1ccc(Cl)c(-c2cnc3ccccc3n2)c1)c1cccc(CN2CCOCC2)c1. The maximum absolute atomic E-state index is 13.0. The summed E-state index contributed by atoms with van der Waals surface area (Å²) in [5.74, 6) is -0.170. The minimum atomic E-state index is -0.170. The van der Waals surface area contributed by atoms with Crippen molar-refractivity contribution in [2.45, 2.75) is 6.54 Å². The van der Waals surface area contributed by atoms with Crippen molar-refractivity contribution in [1.29, 1.82) is 0 Å². The monoisotopic (exact) mass is 458 g/mol. The maximum Gasteiger partial charge on any atom is 0.255 e. The smallest absolute Gasteiger partial charge is 0.255 e. The molecule has 3 aromatic carbocycles. The number of carbonyl (C=O) groups excluding carboxylic acids is 1. The molecule has 7 heteroatoms. The van der Waals surface area contributed by atoms with Gasteiger partial charge < -0.3 is 10.1 Å². The van der Waals surface area contributed by atoms with E-state index in [0.717, 1.165) is 49.4 Å². The molecule has 0 saturated carbocycles. The summed E-state index contributed by atoms with van der Waals surface area (Å²) in [6.07, 6.45) is 1.70. The second kappa shape index (κ2) is 9.67. The predicted octanol–water partition coefficient (Wildman–Crippen LogP) is 5.03.